The van der Waals surface area contributed by atoms with Crippen LogP contribution in [0, 0.1) is 0 Å². The lowest BCUT2D eigenvalue weighted by Gasteiger charge is -2.24. The van der Waals surface area contributed by atoms with Crippen molar-refractivity contribution in [2.45, 2.75) is 12.4 Å². The second kappa shape index (κ2) is 8.78. The highest BCUT2D eigenvalue weighted by Crippen LogP contribution is 2.44. The molecule has 0 fully saturated rings. The summed E-state index contributed by atoms with van der Waals surface area (Å²) in [6, 6.07) is 8.36. The van der Waals surface area contributed by atoms with Gasteiger partial charge in [-0.1, -0.05) is 24.3 Å². The molecule has 0 radical (unpaired) electrons. The SMILES string of the molecule is O=CN(SSN(C=O)c1ccccc1C(F)(F)F)c1ccccc1C(F)(F)F. The van der Waals surface area contributed by atoms with Crippen LogP contribution in [0.4, 0.5) is 37.7 Å². The Bertz CT molecular complexity index is 775. The minimum atomic E-state index is -4.75. The number of amides is 2. The molecular formula is C16H10F6N2O2S2. The highest BCUT2D eigenvalue weighted by Gasteiger charge is 2.36. The van der Waals surface area contributed by atoms with Crippen molar-refractivity contribution in [3.05, 3.63) is 59.7 Å². The quantitative estimate of drug-likeness (QED) is 0.245. The lowest BCUT2D eigenvalue weighted by atomic mass is 10.2. The van der Waals surface area contributed by atoms with E-state index in [2.05, 4.69) is 0 Å². The van der Waals surface area contributed by atoms with E-state index >= 15 is 0 Å². The highest BCUT2D eigenvalue weighted by molar-refractivity contribution is 8.78. The number of anilines is 2. The fourth-order valence-electron chi connectivity index (χ4n) is 2.11. The van der Waals surface area contributed by atoms with E-state index in [9.17, 15) is 35.9 Å². The summed E-state index contributed by atoms with van der Waals surface area (Å²) in [6.07, 6.45) is -9.37. The first kappa shape index (κ1) is 22.0. The molecule has 0 spiro atoms. The van der Waals surface area contributed by atoms with E-state index in [1.807, 2.05) is 0 Å². The van der Waals surface area contributed by atoms with Crippen LogP contribution in [0.1, 0.15) is 11.1 Å². The lowest BCUT2D eigenvalue weighted by molar-refractivity contribution is -0.138. The zero-order valence-corrected chi connectivity index (χ0v) is 15.2. The molecular weight excluding hydrogens is 430 g/mol. The molecule has 0 saturated carbocycles. The van der Waals surface area contributed by atoms with Gasteiger partial charge < -0.3 is 0 Å². The third-order valence-electron chi connectivity index (χ3n) is 3.28. The predicted octanol–water partition coefficient (Wildman–Crippen LogP) is 5.56. The first-order chi connectivity index (χ1) is 13.1. The van der Waals surface area contributed by atoms with Gasteiger partial charge in [-0.05, 0) is 24.3 Å². The van der Waals surface area contributed by atoms with Gasteiger partial charge in [0.1, 0.15) is 0 Å². The Morgan fingerprint density at radius 1 is 0.643 bits per heavy atom. The molecule has 4 nitrogen and oxygen atoms in total. The van der Waals surface area contributed by atoms with Crippen LogP contribution in [0.3, 0.4) is 0 Å². The summed E-state index contributed by atoms with van der Waals surface area (Å²) in [5.74, 6) is 0. The van der Waals surface area contributed by atoms with Crippen molar-refractivity contribution in [3.63, 3.8) is 0 Å². The number of hydrogen-bond acceptors (Lipinski definition) is 4. The maximum atomic E-state index is 13.1. The van der Waals surface area contributed by atoms with E-state index in [1.165, 1.54) is 12.1 Å². The van der Waals surface area contributed by atoms with Gasteiger partial charge in [0.05, 0.1) is 44.5 Å². The molecule has 12 heteroatoms. The molecule has 2 rings (SSSR count). The van der Waals surface area contributed by atoms with Crippen LogP contribution in [0.15, 0.2) is 48.5 Å². The van der Waals surface area contributed by atoms with Gasteiger partial charge in [0, 0.05) is 0 Å². The van der Waals surface area contributed by atoms with Gasteiger partial charge in [-0.15, -0.1) is 0 Å². The number of hydrogen-bond donors (Lipinski definition) is 0. The Morgan fingerprint density at radius 3 is 1.25 bits per heavy atom. The zero-order chi connectivity index (χ0) is 20.9. The van der Waals surface area contributed by atoms with Crippen LogP contribution in [0.5, 0.6) is 0 Å². The number of benzene rings is 2. The fraction of sp³-hybridized carbons (Fsp3) is 0.125. The first-order valence-corrected chi connectivity index (χ1v) is 9.32. The molecule has 2 aromatic carbocycles. The van der Waals surface area contributed by atoms with E-state index in [-0.39, 0.29) is 12.8 Å². The summed E-state index contributed by atoms with van der Waals surface area (Å²) >= 11 is 0. The summed E-state index contributed by atoms with van der Waals surface area (Å²) in [7, 11) is 0.722. The number of rotatable bonds is 7. The Kier molecular flexibility index (Phi) is 6.88. The molecule has 0 N–H and O–H groups in total. The summed E-state index contributed by atoms with van der Waals surface area (Å²) in [5, 5.41) is 0. The topological polar surface area (TPSA) is 40.6 Å². The second-order valence-electron chi connectivity index (χ2n) is 5.04. The lowest BCUT2D eigenvalue weighted by Crippen LogP contribution is -2.20. The van der Waals surface area contributed by atoms with E-state index in [4.69, 9.17) is 0 Å². The molecule has 0 aliphatic carbocycles. The second-order valence-corrected chi connectivity index (χ2v) is 7.02. The molecule has 2 aromatic rings. The van der Waals surface area contributed by atoms with Crippen LogP contribution in [0.25, 0.3) is 0 Å². The van der Waals surface area contributed by atoms with Crippen LogP contribution in [-0.4, -0.2) is 12.8 Å². The van der Waals surface area contributed by atoms with Crippen molar-refractivity contribution in [3.8, 4) is 0 Å². The van der Waals surface area contributed by atoms with Gasteiger partial charge in [-0.2, -0.15) is 26.3 Å². The third-order valence-corrected chi connectivity index (χ3v) is 5.40. The van der Waals surface area contributed by atoms with Gasteiger partial charge in [0.25, 0.3) is 0 Å². The Balaban J connectivity index is 2.29. The molecule has 0 unspecified atom stereocenters. The molecule has 0 atom stereocenters. The normalized spacial score (nSPS) is 11.8. The highest BCUT2D eigenvalue weighted by atomic mass is 33.1. The molecule has 150 valence electrons. The standard InChI is InChI=1S/C16H10F6N2O2S2/c17-15(18,19)11-5-1-3-7-13(11)23(9-25)27-28-24(10-26)14-8-4-2-6-12(14)16(20,21)22/h1-10H. The van der Waals surface area contributed by atoms with Crippen molar-refractivity contribution < 1.29 is 35.9 Å². The van der Waals surface area contributed by atoms with Gasteiger partial charge in [-0.25, -0.2) is 8.61 Å². The number of alkyl halides is 6. The monoisotopic (exact) mass is 440 g/mol. The van der Waals surface area contributed by atoms with Crippen molar-refractivity contribution in [2.24, 2.45) is 0 Å². The van der Waals surface area contributed by atoms with Crippen molar-refractivity contribution in [1.29, 1.82) is 0 Å². The Labute approximate surface area is 163 Å². The van der Waals surface area contributed by atoms with Gasteiger partial charge in [0.15, 0.2) is 0 Å². The van der Waals surface area contributed by atoms with Gasteiger partial charge in [-0.3, -0.25) is 9.59 Å². The maximum absolute atomic E-state index is 13.1. The minimum absolute atomic E-state index is 0.0703. The third kappa shape index (κ3) is 5.13. The van der Waals surface area contributed by atoms with Crippen molar-refractivity contribution in [1.82, 2.24) is 0 Å². The maximum Gasteiger partial charge on any atom is 0.418 e. The van der Waals surface area contributed by atoms with E-state index in [0.29, 0.717) is 30.6 Å². The molecule has 28 heavy (non-hydrogen) atoms. The number of halogens is 6. The van der Waals surface area contributed by atoms with Crippen LogP contribution in [0.2, 0.25) is 0 Å². The Morgan fingerprint density at radius 2 is 0.964 bits per heavy atom. The van der Waals surface area contributed by atoms with Crippen LogP contribution in [-0.2, 0) is 21.9 Å². The van der Waals surface area contributed by atoms with Crippen LogP contribution < -0.4 is 8.61 Å². The van der Waals surface area contributed by atoms with Crippen molar-refractivity contribution >= 4 is 46.2 Å². The summed E-state index contributed by atoms with van der Waals surface area (Å²) in [4.78, 5) is 22.6. The average molecular weight is 440 g/mol. The number of nitrogens with zero attached hydrogens (tertiary/aromatic N) is 2. The summed E-state index contributed by atoms with van der Waals surface area (Å²) < 4.78 is 79.8. The zero-order valence-electron chi connectivity index (χ0n) is 13.6. The molecule has 0 bridgehead atoms. The van der Waals surface area contributed by atoms with E-state index in [0.717, 1.165) is 36.4 Å². The number of carbonyl (C=O) groups excluding carboxylic acids is 2. The van der Waals surface area contributed by atoms with Gasteiger partial charge >= 0.3 is 12.4 Å². The predicted molar refractivity (Wildman–Crippen MR) is 95.2 cm³/mol. The smallest absolute Gasteiger partial charge is 0.277 e. The summed E-state index contributed by atoms with van der Waals surface area (Å²) in [6.45, 7) is 0. The Hall–Kier alpha value is -2.34. The van der Waals surface area contributed by atoms with E-state index in [1.54, 1.807) is 0 Å². The average Bonchev–Trinajstić information content (AvgIpc) is 2.64. The van der Waals surface area contributed by atoms with Crippen molar-refractivity contribution in [2.75, 3.05) is 8.61 Å². The minimum Gasteiger partial charge on any atom is -0.277 e. The first-order valence-electron chi connectivity index (χ1n) is 7.26. The molecule has 0 aromatic heterocycles. The molecule has 2 amide bonds. The molecule has 0 saturated heterocycles. The van der Waals surface area contributed by atoms with Gasteiger partial charge in [0.2, 0.25) is 12.8 Å². The largest absolute Gasteiger partial charge is 0.418 e. The molecule has 0 aliphatic rings. The fourth-order valence-corrected chi connectivity index (χ4v) is 3.93. The van der Waals surface area contributed by atoms with Crippen LogP contribution >= 0.6 is 22.0 Å². The molecule has 0 heterocycles. The molecule has 0 aliphatic heterocycles. The number of para-hydroxylation sites is 2. The van der Waals surface area contributed by atoms with E-state index < -0.39 is 34.9 Å². The number of carbonyl (C=O) groups is 2. The summed E-state index contributed by atoms with van der Waals surface area (Å²) in [5.41, 5.74) is -3.25.